The van der Waals surface area contributed by atoms with Crippen LogP contribution in [0.5, 0.6) is 0 Å². The Balaban J connectivity index is 2.30. The van der Waals surface area contributed by atoms with E-state index in [-0.39, 0.29) is 5.97 Å². The molecule has 0 N–H and O–H groups in total. The maximum atomic E-state index is 10.8. The molecule has 0 amide bonds. The Bertz CT molecular complexity index is 204. The second kappa shape index (κ2) is 4.82. The van der Waals surface area contributed by atoms with Crippen LogP contribution < -0.4 is 0 Å². The van der Waals surface area contributed by atoms with Crippen molar-refractivity contribution in [2.45, 2.75) is 32.6 Å². The Hall–Kier alpha value is -0.970. The van der Waals surface area contributed by atoms with Gasteiger partial charge in [0.2, 0.25) is 0 Å². The van der Waals surface area contributed by atoms with Crippen molar-refractivity contribution in [1.82, 2.24) is 0 Å². The number of carbonyl (C=O) groups excluding carboxylic acids is 1. The van der Waals surface area contributed by atoms with Gasteiger partial charge < -0.3 is 4.74 Å². The molecular formula is C10H14O2. The van der Waals surface area contributed by atoms with Gasteiger partial charge in [-0.15, -0.1) is 0 Å². The first-order valence-corrected chi connectivity index (χ1v) is 4.51. The molecular weight excluding hydrogens is 152 g/mol. The molecule has 0 saturated heterocycles. The molecule has 0 unspecified atom stereocenters. The van der Waals surface area contributed by atoms with E-state index in [0.717, 1.165) is 12.8 Å². The van der Waals surface area contributed by atoms with Gasteiger partial charge in [-0.2, -0.15) is 0 Å². The van der Waals surface area contributed by atoms with Crippen LogP contribution in [-0.2, 0) is 9.53 Å². The SMILES string of the molecule is CCOC(=O)C#CC1CCCC1. The number of esters is 1. The van der Waals surface area contributed by atoms with Gasteiger partial charge in [0.1, 0.15) is 0 Å². The van der Waals surface area contributed by atoms with E-state index in [9.17, 15) is 4.79 Å². The quantitative estimate of drug-likeness (QED) is 0.337. The van der Waals surface area contributed by atoms with E-state index in [0.29, 0.717) is 12.5 Å². The number of ether oxygens (including phenoxy) is 1. The Morgan fingerprint density at radius 1 is 1.50 bits per heavy atom. The first-order valence-electron chi connectivity index (χ1n) is 4.51. The smallest absolute Gasteiger partial charge is 0.384 e. The van der Waals surface area contributed by atoms with Gasteiger partial charge in [0.25, 0.3) is 0 Å². The standard InChI is InChI=1S/C10H14O2/c1-2-12-10(11)8-7-9-5-3-4-6-9/h9H,2-6H2,1H3. The largest absolute Gasteiger partial charge is 0.456 e. The van der Waals surface area contributed by atoms with Crippen LogP contribution in [0.2, 0.25) is 0 Å². The summed E-state index contributed by atoms with van der Waals surface area (Å²) in [6, 6.07) is 0. The van der Waals surface area contributed by atoms with Gasteiger partial charge in [0.15, 0.2) is 0 Å². The number of hydrogen-bond donors (Lipinski definition) is 0. The van der Waals surface area contributed by atoms with Crippen molar-refractivity contribution in [2.24, 2.45) is 5.92 Å². The minimum absolute atomic E-state index is 0.385. The van der Waals surface area contributed by atoms with Crippen molar-refractivity contribution in [2.75, 3.05) is 6.61 Å². The number of carbonyl (C=O) groups is 1. The first-order chi connectivity index (χ1) is 5.83. The van der Waals surface area contributed by atoms with E-state index >= 15 is 0 Å². The monoisotopic (exact) mass is 166 g/mol. The molecule has 0 heterocycles. The van der Waals surface area contributed by atoms with Crippen LogP contribution >= 0.6 is 0 Å². The summed E-state index contributed by atoms with van der Waals surface area (Å²) in [5.74, 6) is 5.51. The predicted molar refractivity (Wildman–Crippen MR) is 46.4 cm³/mol. The lowest BCUT2D eigenvalue weighted by atomic mass is 10.1. The van der Waals surface area contributed by atoms with E-state index in [1.165, 1.54) is 12.8 Å². The van der Waals surface area contributed by atoms with Crippen molar-refractivity contribution >= 4 is 5.97 Å². The van der Waals surface area contributed by atoms with E-state index in [1.807, 2.05) is 0 Å². The lowest BCUT2D eigenvalue weighted by molar-refractivity contribution is -0.136. The zero-order valence-corrected chi connectivity index (χ0v) is 7.43. The molecule has 1 rings (SSSR count). The lowest BCUT2D eigenvalue weighted by Gasteiger charge is -1.95. The number of hydrogen-bond acceptors (Lipinski definition) is 2. The normalized spacial score (nSPS) is 16.8. The molecule has 1 saturated carbocycles. The van der Waals surface area contributed by atoms with Crippen molar-refractivity contribution < 1.29 is 9.53 Å². The molecule has 0 aromatic heterocycles. The molecule has 0 atom stereocenters. The molecule has 2 heteroatoms. The molecule has 2 nitrogen and oxygen atoms in total. The van der Waals surface area contributed by atoms with Gasteiger partial charge >= 0.3 is 5.97 Å². The summed E-state index contributed by atoms with van der Waals surface area (Å²) in [4.78, 5) is 10.8. The maximum Gasteiger partial charge on any atom is 0.384 e. The van der Waals surface area contributed by atoms with Gasteiger partial charge in [0.05, 0.1) is 6.61 Å². The average Bonchev–Trinajstić information content (AvgIpc) is 2.53. The van der Waals surface area contributed by atoms with Gasteiger partial charge in [-0.05, 0) is 19.8 Å². The fourth-order valence-electron chi connectivity index (χ4n) is 1.40. The van der Waals surface area contributed by atoms with Crippen molar-refractivity contribution in [1.29, 1.82) is 0 Å². The van der Waals surface area contributed by atoms with Gasteiger partial charge in [-0.1, -0.05) is 18.8 Å². The third kappa shape index (κ3) is 2.96. The molecule has 1 aliphatic rings. The van der Waals surface area contributed by atoms with Crippen LogP contribution in [0.1, 0.15) is 32.6 Å². The van der Waals surface area contributed by atoms with Crippen LogP contribution in [0.25, 0.3) is 0 Å². The topological polar surface area (TPSA) is 26.3 Å². The van der Waals surface area contributed by atoms with E-state index in [1.54, 1.807) is 6.92 Å². The van der Waals surface area contributed by atoms with E-state index < -0.39 is 0 Å². The fourth-order valence-corrected chi connectivity index (χ4v) is 1.40. The lowest BCUT2D eigenvalue weighted by Crippen LogP contribution is -2.00. The van der Waals surface area contributed by atoms with Crippen LogP contribution in [-0.4, -0.2) is 12.6 Å². The second-order valence-corrected chi connectivity index (χ2v) is 2.97. The van der Waals surface area contributed by atoms with Gasteiger partial charge in [-0.25, -0.2) is 4.79 Å². The molecule has 0 radical (unpaired) electrons. The van der Waals surface area contributed by atoms with Gasteiger partial charge in [0, 0.05) is 11.8 Å². The number of rotatable bonds is 1. The highest BCUT2D eigenvalue weighted by Gasteiger charge is 2.11. The highest BCUT2D eigenvalue weighted by atomic mass is 16.5. The van der Waals surface area contributed by atoms with Crippen molar-refractivity contribution in [3.05, 3.63) is 0 Å². The van der Waals surface area contributed by atoms with Crippen molar-refractivity contribution in [3.63, 3.8) is 0 Å². The second-order valence-electron chi connectivity index (χ2n) is 2.97. The predicted octanol–water partition coefficient (Wildman–Crippen LogP) is 1.74. The molecule has 0 aliphatic heterocycles. The summed E-state index contributed by atoms with van der Waals surface area (Å²) in [6.45, 7) is 2.20. The summed E-state index contributed by atoms with van der Waals surface area (Å²) >= 11 is 0. The molecule has 0 bridgehead atoms. The summed E-state index contributed by atoms with van der Waals surface area (Å²) in [6.07, 6.45) is 4.79. The summed E-state index contributed by atoms with van der Waals surface area (Å²) in [7, 11) is 0. The zero-order chi connectivity index (χ0) is 8.81. The highest BCUT2D eigenvalue weighted by molar-refractivity contribution is 5.88. The minimum Gasteiger partial charge on any atom is -0.456 e. The summed E-state index contributed by atoms with van der Waals surface area (Å²) in [5.41, 5.74) is 0. The van der Waals surface area contributed by atoms with E-state index in [2.05, 4.69) is 16.6 Å². The van der Waals surface area contributed by atoms with E-state index in [4.69, 9.17) is 0 Å². The average molecular weight is 166 g/mol. The Morgan fingerprint density at radius 3 is 2.75 bits per heavy atom. The molecule has 1 aliphatic carbocycles. The summed E-state index contributed by atoms with van der Waals surface area (Å²) in [5, 5.41) is 0. The summed E-state index contributed by atoms with van der Waals surface area (Å²) < 4.78 is 4.69. The molecule has 1 fully saturated rings. The molecule has 12 heavy (non-hydrogen) atoms. The first kappa shape index (κ1) is 9.12. The highest BCUT2D eigenvalue weighted by Crippen LogP contribution is 2.23. The van der Waals surface area contributed by atoms with Crippen LogP contribution in [0.15, 0.2) is 0 Å². The van der Waals surface area contributed by atoms with Crippen LogP contribution in [0, 0.1) is 17.8 Å². The third-order valence-electron chi connectivity index (χ3n) is 2.01. The Kier molecular flexibility index (Phi) is 3.66. The van der Waals surface area contributed by atoms with Crippen LogP contribution in [0.4, 0.5) is 0 Å². The maximum absolute atomic E-state index is 10.8. The van der Waals surface area contributed by atoms with Crippen LogP contribution in [0.3, 0.4) is 0 Å². The molecule has 0 aromatic carbocycles. The molecule has 0 spiro atoms. The van der Waals surface area contributed by atoms with Gasteiger partial charge in [-0.3, -0.25) is 0 Å². The molecule has 66 valence electrons. The Morgan fingerprint density at radius 2 is 2.17 bits per heavy atom. The third-order valence-corrected chi connectivity index (χ3v) is 2.01. The fraction of sp³-hybridized carbons (Fsp3) is 0.700. The van der Waals surface area contributed by atoms with Crippen molar-refractivity contribution in [3.8, 4) is 11.8 Å². The Labute approximate surface area is 73.3 Å². The zero-order valence-electron chi connectivity index (χ0n) is 7.43. The minimum atomic E-state index is -0.385. The molecule has 0 aromatic rings.